The van der Waals surface area contributed by atoms with Crippen LogP contribution >= 0.6 is 39.3 Å². The van der Waals surface area contributed by atoms with Crippen LogP contribution in [0.1, 0.15) is 37.3 Å². The molecule has 2 aliphatic rings. The Balaban J connectivity index is 1.51. The van der Waals surface area contributed by atoms with Crippen LogP contribution in [-0.2, 0) is 16.2 Å². The van der Waals surface area contributed by atoms with Crippen molar-refractivity contribution in [3.05, 3.63) is 61.9 Å². The van der Waals surface area contributed by atoms with E-state index in [1.54, 1.807) is 29.2 Å². The fraction of sp³-hybridized carbons (Fsp3) is 0.346. The molecule has 10 heteroatoms. The van der Waals surface area contributed by atoms with Gasteiger partial charge in [0.15, 0.2) is 11.5 Å². The third kappa shape index (κ3) is 6.25. The standard InChI is InChI=1S/C26H26BrClN2O5S/c1-2-34-21-13-17(12-19(27)24(21)35-16-18-8-4-5-9-20(18)28)14-22-25(32)30(26(33)36-22)15-23(31)29-10-6-3-7-11-29/h4-5,8-9,12-14H,2-3,6-7,10-11,15-16H2,1H3/b22-14-. The maximum atomic E-state index is 13.0. The first-order valence-electron chi connectivity index (χ1n) is 11.7. The number of benzene rings is 2. The van der Waals surface area contributed by atoms with Crippen LogP contribution in [-0.4, -0.2) is 53.1 Å². The van der Waals surface area contributed by atoms with E-state index in [9.17, 15) is 14.4 Å². The number of halogens is 2. The van der Waals surface area contributed by atoms with Gasteiger partial charge in [0.2, 0.25) is 5.91 Å². The van der Waals surface area contributed by atoms with Crippen LogP contribution in [0.3, 0.4) is 0 Å². The summed E-state index contributed by atoms with van der Waals surface area (Å²) in [7, 11) is 0. The number of nitrogens with zero attached hydrogens (tertiary/aromatic N) is 2. The summed E-state index contributed by atoms with van der Waals surface area (Å²) < 4.78 is 12.4. The van der Waals surface area contributed by atoms with Crippen molar-refractivity contribution >= 4 is 62.4 Å². The number of likely N-dealkylation sites (tertiary alicyclic amines) is 1. The third-order valence-corrected chi connectivity index (χ3v) is 7.70. The second kappa shape index (κ2) is 12.2. The van der Waals surface area contributed by atoms with E-state index < -0.39 is 11.1 Å². The predicted octanol–water partition coefficient (Wildman–Crippen LogP) is 6.13. The second-order valence-electron chi connectivity index (χ2n) is 8.35. The van der Waals surface area contributed by atoms with Gasteiger partial charge in [-0.2, -0.15) is 0 Å². The zero-order valence-corrected chi connectivity index (χ0v) is 23.0. The van der Waals surface area contributed by atoms with Crippen molar-refractivity contribution in [1.29, 1.82) is 0 Å². The lowest BCUT2D eigenvalue weighted by Crippen LogP contribution is -2.44. The van der Waals surface area contributed by atoms with Crippen LogP contribution in [0.25, 0.3) is 6.08 Å². The molecule has 7 nitrogen and oxygen atoms in total. The topological polar surface area (TPSA) is 76.2 Å². The van der Waals surface area contributed by atoms with Crippen molar-refractivity contribution < 1.29 is 23.9 Å². The number of rotatable bonds is 8. The van der Waals surface area contributed by atoms with Crippen molar-refractivity contribution in [3.63, 3.8) is 0 Å². The molecule has 3 amide bonds. The van der Waals surface area contributed by atoms with Gasteiger partial charge in [0.25, 0.3) is 11.1 Å². The minimum Gasteiger partial charge on any atom is -0.490 e. The van der Waals surface area contributed by atoms with E-state index >= 15 is 0 Å². The number of amides is 3. The van der Waals surface area contributed by atoms with Gasteiger partial charge < -0.3 is 14.4 Å². The Kier molecular flexibility index (Phi) is 8.98. The lowest BCUT2D eigenvalue weighted by Gasteiger charge is -2.27. The molecule has 0 unspecified atom stereocenters. The summed E-state index contributed by atoms with van der Waals surface area (Å²) in [4.78, 5) is 41.1. The first kappa shape index (κ1) is 26.6. The molecule has 0 atom stereocenters. The number of carbonyl (C=O) groups excluding carboxylic acids is 3. The van der Waals surface area contributed by atoms with Crippen LogP contribution in [0.15, 0.2) is 45.8 Å². The minimum absolute atomic E-state index is 0.195. The smallest absolute Gasteiger partial charge is 0.294 e. The normalized spacial score (nSPS) is 17.1. The zero-order valence-electron chi connectivity index (χ0n) is 19.8. The van der Waals surface area contributed by atoms with Crippen LogP contribution in [0.2, 0.25) is 5.02 Å². The monoisotopic (exact) mass is 592 g/mol. The van der Waals surface area contributed by atoms with Crippen LogP contribution < -0.4 is 9.47 Å². The molecule has 36 heavy (non-hydrogen) atoms. The molecule has 2 heterocycles. The lowest BCUT2D eigenvalue weighted by molar-refractivity contribution is -0.136. The van der Waals surface area contributed by atoms with Gasteiger partial charge in [-0.05, 0) is 83.7 Å². The molecular weight excluding hydrogens is 568 g/mol. The lowest BCUT2D eigenvalue weighted by atomic mass is 10.1. The highest BCUT2D eigenvalue weighted by Crippen LogP contribution is 2.40. The fourth-order valence-electron chi connectivity index (χ4n) is 4.01. The Hall–Kier alpha value is -2.49. The molecule has 0 spiro atoms. The SMILES string of the molecule is CCOc1cc(/C=C2\SC(=O)N(CC(=O)N3CCCCC3)C2=O)cc(Br)c1OCc1ccccc1Cl. The maximum absolute atomic E-state index is 13.0. The predicted molar refractivity (Wildman–Crippen MR) is 144 cm³/mol. The largest absolute Gasteiger partial charge is 0.490 e. The molecule has 0 aromatic heterocycles. The van der Waals surface area contributed by atoms with Gasteiger partial charge >= 0.3 is 0 Å². The van der Waals surface area contributed by atoms with Crippen LogP contribution in [0.5, 0.6) is 11.5 Å². The summed E-state index contributed by atoms with van der Waals surface area (Å²) in [5.41, 5.74) is 1.49. The average molecular weight is 594 g/mol. The van der Waals surface area contributed by atoms with E-state index in [-0.39, 0.29) is 24.0 Å². The highest BCUT2D eigenvalue weighted by Gasteiger charge is 2.37. The average Bonchev–Trinajstić information content (AvgIpc) is 3.12. The first-order chi connectivity index (χ1) is 17.4. The molecular formula is C26H26BrClN2O5S. The minimum atomic E-state index is -0.469. The van der Waals surface area contributed by atoms with Gasteiger partial charge in [0.05, 0.1) is 16.0 Å². The van der Waals surface area contributed by atoms with E-state index in [1.165, 1.54) is 0 Å². The number of imide groups is 1. The Morgan fingerprint density at radius 3 is 2.61 bits per heavy atom. The number of thioether (sulfide) groups is 1. The third-order valence-electron chi connectivity index (χ3n) is 5.84. The van der Waals surface area contributed by atoms with Crippen molar-refractivity contribution in [2.24, 2.45) is 0 Å². The molecule has 2 aromatic rings. The quantitative estimate of drug-likeness (QED) is 0.343. The maximum Gasteiger partial charge on any atom is 0.294 e. The number of ether oxygens (including phenoxy) is 2. The molecule has 0 radical (unpaired) electrons. The molecule has 190 valence electrons. The highest BCUT2D eigenvalue weighted by atomic mass is 79.9. The molecule has 4 rings (SSSR count). The van der Waals surface area contributed by atoms with Gasteiger partial charge in [0.1, 0.15) is 13.2 Å². The van der Waals surface area contributed by atoms with Gasteiger partial charge in [-0.3, -0.25) is 19.3 Å². The molecule has 0 aliphatic carbocycles. The van der Waals surface area contributed by atoms with E-state index in [1.807, 2.05) is 25.1 Å². The zero-order chi connectivity index (χ0) is 25.7. The van der Waals surface area contributed by atoms with E-state index in [4.69, 9.17) is 21.1 Å². The molecule has 0 bridgehead atoms. The molecule has 2 aromatic carbocycles. The summed E-state index contributed by atoms with van der Waals surface area (Å²) in [6, 6.07) is 11.0. The van der Waals surface area contributed by atoms with Crippen LogP contribution in [0, 0.1) is 0 Å². The number of hydrogen-bond donors (Lipinski definition) is 0. The second-order valence-corrected chi connectivity index (χ2v) is 10.6. The Labute approximate surface area is 227 Å². The summed E-state index contributed by atoms with van der Waals surface area (Å²) in [6.45, 7) is 3.64. The first-order valence-corrected chi connectivity index (χ1v) is 13.7. The molecule has 2 fully saturated rings. The van der Waals surface area contributed by atoms with Gasteiger partial charge in [-0.15, -0.1) is 0 Å². The fourth-order valence-corrected chi connectivity index (χ4v) is 5.61. The molecule has 0 saturated carbocycles. The molecule has 0 N–H and O–H groups in total. The van der Waals surface area contributed by atoms with Crippen molar-refractivity contribution in [1.82, 2.24) is 9.80 Å². The summed E-state index contributed by atoms with van der Waals surface area (Å²) in [5.74, 6) is 0.335. The van der Waals surface area contributed by atoms with E-state index in [2.05, 4.69) is 15.9 Å². The van der Waals surface area contributed by atoms with Gasteiger partial charge in [0, 0.05) is 23.7 Å². The Bertz CT molecular complexity index is 1200. The Morgan fingerprint density at radius 1 is 1.14 bits per heavy atom. The van der Waals surface area contributed by atoms with Gasteiger partial charge in [-0.25, -0.2) is 0 Å². The number of carbonyl (C=O) groups is 3. The highest BCUT2D eigenvalue weighted by molar-refractivity contribution is 9.10. The summed E-state index contributed by atoms with van der Waals surface area (Å²) in [6.07, 6.45) is 4.62. The molecule has 2 aliphatic heterocycles. The van der Waals surface area contributed by atoms with Gasteiger partial charge in [-0.1, -0.05) is 29.8 Å². The summed E-state index contributed by atoms with van der Waals surface area (Å²) in [5, 5.41) is 0.165. The molecule has 2 saturated heterocycles. The van der Waals surface area contributed by atoms with Crippen LogP contribution in [0.4, 0.5) is 4.79 Å². The van der Waals surface area contributed by atoms with Crippen molar-refractivity contribution in [3.8, 4) is 11.5 Å². The van der Waals surface area contributed by atoms with E-state index in [0.29, 0.717) is 46.3 Å². The Morgan fingerprint density at radius 2 is 1.89 bits per heavy atom. The number of hydrogen-bond acceptors (Lipinski definition) is 6. The van der Waals surface area contributed by atoms with Crippen molar-refractivity contribution in [2.45, 2.75) is 32.8 Å². The van der Waals surface area contributed by atoms with Crippen molar-refractivity contribution in [2.75, 3.05) is 26.2 Å². The number of piperidine rings is 1. The summed E-state index contributed by atoms with van der Waals surface area (Å²) >= 11 is 10.6. The van der Waals surface area contributed by atoms with E-state index in [0.717, 1.165) is 41.5 Å².